The maximum absolute atomic E-state index is 13.5. The quantitative estimate of drug-likeness (QED) is 0.125. The van der Waals surface area contributed by atoms with Gasteiger partial charge in [-0.3, -0.25) is 19.5 Å². The molecule has 3 aromatic rings. The molecule has 0 bridgehead atoms. The van der Waals surface area contributed by atoms with Gasteiger partial charge in [-0.05, 0) is 73.7 Å². The summed E-state index contributed by atoms with van der Waals surface area (Å²) in [6, 6.07) is 11.6. The zero-order valence-electron chi connectivity index (χ0n) is 22.1. The lowest BCUT2D eigenvalue weighted by Gasteiger charge is -2.30. The Morgan fingerprint density at radius 3 is 2.48 bits per heavy atom. The van der Waals surface area contributed by atoms with Crippen LogP contribution < -0.4 is 10.1 Å². The lowest BCUT2D eigenvalue weighted by Crippen LogP contribution is -2.48. The van der Waals surface area contributed by atoms with E-state index in [9.17, 15) is 24.4 Å². The van der Waals surface area contributed by atoms with Crippen molar-refractivity contribution in [3.05, 3.63) is 69.2 Å². The summed E-state index contributed by atoms with van der Waals surface area (Å²) in [6.45, 7) is 1.71. The highest BCUT2D eigenvalue weighted by Crippen LogP contribution is 2.33. The van der Waals surface area contributed by atoms with Crippen LogP contribution in [0.15, 0.2) is 47.0 Å². The molecule has 2 aromatic carbocycles. The van der Waals surface area contributed by atoms with E-state index in [4.69, 9.17) is 21.1 Å². The monoisotopic (exact) mass is 587 g/mol. The molecule has 0 radical (unpaired) electrons. The second kappa shape index (κ2) is 13.3. The molecule has 1 aromatic heterocycles. The molecular formula is C28H30ClN3O7S. The van der Waals surface area contributed by atoms with Crippen LogP contribution in [0.5, 0.6) is 5.75 Å². The van der Waals surface area contributed by atoms with Crippen LogP contribution in [0.3, 0.4) is 0 Å². The number of carboxylic acid groups (broad SMARTS) is 1. The lowest BCUT2D eigenvalue weighted by molar-refractivity contribution is -0.166. The highest BCUT2D eigenvalue weighted by molar-refractivity contribution is 7.98. The van der Waals surface area contributed by atoms with Gasteiger partial charge in [-0.15, -0.1) is 4.91 Å². The molecule has 2 atom stereocenters. The van der Waals surface area contributed by atoms with Gasteiger partial charge in [0.15, 0.2) is 0 Å². The number of halogens is 1. The number of nitrogens with one attached hydrogen (secondary N) is 1. The minimum atomic E-state index is -1.67. The third-order valence-corrected chi connectivity index (χ3v) is 8.27. The van der Waals surface area contributed by atoms with E-state index in [-0.39, 0.29) is 18.2 Å². The molecule has 1 fully saturated rings. The second-order valence-corrected chi connectivity index (χ2v) is 10.9. The predicted octanol–water partition coefficient (Wildman–Crippen LogP) is 5.71. The van der Waals surface area contributed by atoms with Crippen molar-refractivity contribution in [2.75, 3.05) is 7.11 Å². The third-order valence-electron chi connectivity index (χ3n) is 7.18. The molecule has 1 aliphatic rings. The van der Waals surface area contributed by atoms with E-state index in [1.807, 2.05) is 0 Å². The van der Waals surface area contributed by atoms with Gasteiger partial charge in [0.25, 0.3) is 12.1 Å². The number of carbonyl (C=O) groups is 3. The molecule has 212 valence electrons. The van der Waals surface area contributed by atoms with E-state index >= 15 is 0 Å². The van der Waals surface area contributed by atoms with Crippen molar-refractivity contribution >= 4 is 52.3 Å². The summed E-state index contributed by atoms with van der Waals surface area (Å²) < 4.78 is 15.1. The van der Waals surface area contributed by atoms with Crippen molar-refractivity contribution in [3.8, 4) is 5.75 Å². The third kappa shape index (κ3) is 6.65. The molecule has 0 aliphatic heterocycles. The zero-order valence-corrected chi connectivity index (χ0v) is 23.7. The van der Waals surface area contributed by atoms with Gasteiger partial charge < -0.3 is 14.6 Å². The van der Waals surface area contributed by atoms with E-state index in [0.29, 0.717) is 50.4 Å². The highest BCUT2D eigenvalue weighted by atomic mass is 35.5. The fourth-order valence-corrected chi connectivity index (χ4v) is 6.00. The van der Waals surface area contributed by atoms with Crippen LogP contribution >= 0.6 is 23.5 Å². The van der Waals surface area contributed by atoms with Crippen LogP contribution in [0.25, 0.3) is 10.9 Å². The van der Waals surface area contributed by atoms with Crippen molar-refractivity contribution in [3.63, 3.8) is 0 Å². The Bertz CT molecular complexity index is 1400. The maximum atomic E-state index is 13.5. The summed E-state index contributed by atoms with van der Waals surface area (Å²) in [6.07, 6.45) is 2.70. The Morgan fingerprint density at radius 1 is 1.15 bits per heavy atom. The highest BCUT2D eigenvalue weighted by Gasteiger charge is 2.32. The van der Waals surface area contributed by atoms with Gasteiger partial charge in [0.05, 0.1) is 24.4 Å². The predicted molar refractivity (Wildman–Crippen MR) is 153 cm³/mol. The summed E-state index contributed by atoms with van der Waals surface area (Å²) in [7, 11) is 1.51. The molecule has 0 spiro atoms. The molecule has 10 nitrogen and oxygen atoms in total. The van der Waals surface area contributed by atoms with Crippen molar-refractivity contribution in [2.45, 2.75) is 57.1 Å². The largest absolute Gasteiger partial charge is 0.497 e. The zero-order chi connectivity index (χ0) is 28.8. The first-order chi connectivity index (χ1) is 19.2. The van der Waals surface area contributed by atoms with Crippen LogP contribution in [-0.2, 0) is 20.7 Å². The van der Waals surface area contributed by atoms with Gasteiger partial charge in [0.2, 0.25) is 0 Å². The first kappa shape index (κ1) is 29.6. The van der Waals surface area contributed by atoms with E-state index in [2.05, 4.69) is 9.90 Å². The van der Waals surface area contributed by atoms with Gasteiger partial charge in [-0.1, -0.05) is 30.9 Å². The van der Waals surface area contributed by atoms with Crippen LogP contribution in [0.1, 0.15) is 53.7 Å². The Morgan fingerprint density at radius 2 is 1.85 bits per heavy atom. The van der Waals surface area contributed by atoms with Crippen LogP contribution in [0.4, 0.5) is 0 Å². The van der Waals surface area contributed by atoms with Crippen LogP contribution in [-0.4, -0.2) is 46.2 Å². The average Bonchev–Trinajstić information content (AvgIpc) is 3.22. The first-order valence-corrected chi connectivity index (χ1v) is 14.1. The van der Waals surface area contributed by atoms with Gasteiger partial charge >= 0.3 is 11.9 Å². The first-order valence-electron chi connectivity index (χ1n) is 12.9. The van der Waals surface area contributed by atoms with Gasteiger partial charge in [0, 0.05) is 38.2 Å². The Hall–Kier alpha value is -3.41. The Balaban J connectivity index is 1.61. The molecule has 2 N–H and O–H groups in total. The van der Waals surface area contributed by atoms with Crippen molar-refractivity contribution in [1.29, 1.82) is 0 Å². The molecule has 4 rings (SSSR count). The number of hydrogen-bond donors (Lipinski definition) is 2. The van der Waals surface area contributed by atoms with Crippen LogP contribution in [0, 0.1) is 17.7 Å². The second-order valence-electron chi connectivity index (χ2n) is 9.64. The molecule has 0 amide bonds. The standard InChI is InChI=1S/C28H30ClN3O7S/c1-16-21(15-24(33)39-25(28(35)36)30-26(40-31-37)17-6-4-3-5-7-17)22-14-20(38-2)12-13-23(22)32(16)27(34)18-8-10-19(29)11-9-18/h8-14,17,25-26,30H,3-7,15H2,1-2H3,(H,35,36). The molecular weight excluding hydrogens is 558 g/mol. The average molecular weight is 588 g/mol. The fourth-order valence-electron chi connectivity index (χ4n) is 5.15. The number of nitroso groups, excluding NO2 is 1. The number of nitrogens with zero attached hydrogens (tertiary/aromatic N) is 2. The Labute approximate surface area is 240 Å². The topological polar surface area (TPSA) is 136 Å². The number of ether oxygens (including phenoxy) is 2. The smallest absolute Gasteiger partial charge is 0.360 e. The number of esters is 1. The summed E-state index contributed by atoms with van der Waals surface area (Å²) in [5.74, 6) is -1.96. The van der Waals surface area contributed by atoms with E-state index in [1.54, 1.807) is 49.4 Å². The number of aromatic nitrogens is 1. The molecule has 1 heterocycles. The van der Waals surface area contributed by atoms with Gasteiger partial charge in [-0.25, -0.2) is 4.79 Å². The minimum Gasteiger partial charge on any atom is -0.497 e. The Kier molecular flexibility index (Phi) is 9.83. The lowest BCUT2D eigenvalue weighted by atomic mass is 9.89. The molecule has 1 saturated carbocycles. The molecule has 1 aliphatic carbocycles. The number of benzene rings is 2. The number of hydrogen-bond acceptors (Lipinski definition) is 9. The van der Waals surface area contributed by atoms with Gasteiger partial charge in [0.1, 0.15) is 5.75 Å². The fraction of sp³-hybridized carbons (Fsp3) is 0.393. The molecule has 2 unspecified atom stereocenters. The number of carboxylic acids is 1. The van der Waals surface area contributed by atoms with Crippen molar-refractivity contribution in [1.82, 2.24) is 9.88 Å². The number of rotatable bonds is 11. The number of carbonyl (C=O) groups excluding carboxylic acids is 2. The van der Waals surface area contributed by atoms with E-state index < -0.39 is 23.5 Å². The maximum Gasteiger partial charge on any atom is 0.360 e. The molecule has 40 heavy (non-hydrogen) atoms. The number of fused-ring (bicyclic) bond motifs is 1. The van der Waals surface area contributed by atoms with Crippen molar-refractivity contribution in [2.24, 2.45) is 10.5 Å². The molecule has 0 saturated heterocycles. The summed E-state index contributed by atoms with van der Waals surface area (Å²) in [5.41, 5.74) is 1.96. The minimum absolute atomic E-state index is 0.0311. The molecule has 12 heteroatoms. The number of methoxy groups -OCH3 is 1. The van der Waals surface area contributed by atoms with E-state index in [1.165, 1.54) is 11.7 Å². The normalized spacial score (nSPS) is 15.4. The van der Waals surface area contributed by atoms with Crippen LogP contribution in [0.2, 0.25) is 5.02 Å². The summed E-state index contributed by atoms with van der Waals surface area (Å²) >= 11 is 6.70. The van der Waals surface area contributed by atoms with Gasteiger partial charge in [-0.2, -0.15) is 0 Å². The number of aliphatic carboxylic acids is 1. The van der Waals surface area contributed by atoms with Crippen molar-refractivity contribution < 1.29 is 29.0 Å². The summed E-state index contributed by atoms with van der Waals surface area (Å²) in [5, 5.41) is 13.1. The summed E-state index contributed by atoms with van der Waals surface area (Å²) in [4.78, 5) is 49.7. The van der Waals surface area contributed by atoms with E-state index in [0.717, 1.165) is 32.1 Å². The SMILES string of the molecule is COc1ccc2c(c1)c(CC(=O)OC(NC(SN=O)C1CCCCC1)C(=O)O)c(C)n2C(=O)c1ccc(Cl)cc1.